The van der Waals surface area contributed by atoms with E-state index in [0.717, 1.165) is 0 Å². The molecule has 0 unspecified atom stereocenters. The van der Waals surface area contributed by atoms with E-state index in [1.165, 1.54) is 12.7 Å². The zero-order chi connectivity index (χ0) is 14.5. The number of esters is 1. The molecule has 0 aliphatic rings. The van der Waals surface area contributed by atoms with Crippen molar-refractivity contribution in [2.24, 2.45) is 0 Å². The number of methoxy groups -OCH3 is 1. The summed E-state index contributed by atoms with van der Waals surface area (Å²) in [6.07, 6.45) is 1.81. The van der Waals surface area contributed by atoms with Gasteiger partial charge in [0, 0.05) is 12.3 Å². The van der Waals surface area contributed by atoms with Crippen molar-refractivity contribution >= 4 is 5.97 Å². The number of rotatable bonds is 4. The number of ether oxygens (including phenoxy) is 2. The van der Waals surface area contributed by atoms with Crippen LogP contribution in [0.15, 0.2) is 42.6 Å². The molecule has 0 aliphatic heterocycles. The summed E-state index contributed by atoms with van der Waals surface area (Å²) in [5, 5.41) is 0. The van der Waals surface area contributed by atoms with Crippen molar-refractivity contribution in [2.75, 3.05) is 7.11 Å². The molecule has 0 aliphatic carbocycles. The number of carbonyl (C=O) groups is 1. The predicted molar refractivity (Wildman–Crippen MR) is 76.2 cm³/mol. The number of nitrogens with zero attached hydrogens (tertiary/aromatic N) is 1. The Morgan fingerprint density at radius 2 is 1.80 bits per heavy atom. The summed E-state index contributed by atoms with van der Waals surface area (Å²) in [4.78, 5) is 15.6. The van der Waals surface area contributed by atoms with Crippen molar-refractivity contribution in [3.63, 3.8) is 0 Å². The highest BCUT2D eigenvalue weighted by molar-refractivity contribution is 5.89. The zero-order valence-corrected chi connectivity index (χ0v) is 11.8. The average molecular weight is 271 g/mol. The summed E-state index contributed by atoms with van der Waals surface area (Å²) in [7, 11) is 1.35. The number of hydrogen-bond acceptors (Lipinski definition) is 4. The van der Waals surface area contributed by atoms with Crippen molar-refractivity contribution < 1.29 is 14.3 Å². The van der Waals surface area contributed by atoms with Crippen molar-refractivity contribution in [1.29, 1.82) is 0 Å². The molecule has 104 valence electrons. The first-order valence-corrected chi connectivity index (χ1v) is 6.42. The Morgan fingerprint density at radius 1 is 1.10 bits per heavy atom. The van der Waals surface area contributed by atoms with Gasteiger partial charge in [-0.2, -0.15) is 0 Å². The minimum Gasteiger partial charge on any atom is -0.465 e. The van der Waals surface area contributed by atoms with Gasteiger partial charge < -0.3 is 9.47 Å². The monoisotopic (exact) mass is 271 g/mol. The van der Waals surface area contributed by atoms with E-state index in [4.69, 9.17) is 4.74 Å². The summed E-state index contributed by atoms with van der Waals surface area (Å²) >= 11 is 0. The molecule has 0 spiro atoms. The third-order valence-electron chi connectivity index (χ3n) is 2.92. The van der Waals surface area contributed by atoms with Crippen LogP contribution in [-0.2, 0) is 4.74 Å². The minimum atomic E-state index is -0.365. The van der Waals surface area contributed by atoms with Crippen LogP contribution >= 0.6 is 0 Å². The lowest BCUT2D eigenvalue weighted by molar-refractivity contribution is 0.0600. The van der Waals surface area contributed by atoms with Crippen molar-refractivity contribution in [3.05, 3.63) is 53.7 Å². The molecule has 0 fully saturated rings. The Labute approximate surface area is 118 Å². The van der Waals surface area contributed by atoms with E-state index in [1.54, 1.807) is 24.3 Å². The quantitative estimate of drug-likeness (QED) is 0.794. The molecule has 0 saturated heterocycles. The van der Waals surface area contributed by atoms with E-state index in [9.17, 15) is 4.79 Å². The summed E-state index contributed by atoms with van der Waals surface area (Å²) in [6, 6.07) is 10.6. The molecule has 0 radical (unpaired) electrons. The van der Waals surface area contributed by atoms with Crippen LogP contribution < -0.4 is 4.74 Å². The van der Waals surface area contributed by atoms with Gasteiger partial charge in [-0.25, -0.2) is 9.78 Å². The zero-order valence-electron chi connectivity index (χ0n) is 11.8. The molecule has 1 aromatic carbocycles. The second-order valence-electron chi connectivity index (χ2n) is 4.70. The average Bonchev–Trinajstić information content (AvgIpc) is 2.48. The first-order valence-electron chi connectivity index (χ1n) is 6.42. The molecule has 0 amide bonds. The molecule has 4 heteroatoms. The molecule has 0 saturated carbocycles. The summed E-state index contributed by atoms with van der Waals surface area (Å²) < 4.78 is 10.3. The fourth-order valence-electron chi connectivity index (χ4n) is 1.69. The van der Waals surface area contributed by atoms with Gasteiger partial charge in [0.15, 0.2) is 0 Å². The van der Waals surface area contributed by atoms with Crippen LogP contribution in [0.25, 0.3) is 0 Å². The van der Waals surface area contributed by atoms with Gasteiger partial charge in [0.2, 0.25) is 5.88 Å². The molecule has 1 aromatic heterocycles. The standard InChI is InChI=1S/C16H17NO3/c1-11(2)13-6-9-15(17-10-13)20-14-7-4-12(5-8-14)16(18)19-3/h4-11H,1-3H3. The van der Waals surface area contributed by atoms with Crippen LogP contribution in [-0.4, -0.2) is 18.1 Å². The molecule has 0 bridgehead atoms. The lowest BCUT2D eigenvalue weighted by Crippen LogP contribution is -2.00. The Balaban J connectivity index is 2.08. The molecule has 2 aromatic rings. The second-order valence-corrected chi connectivity index (χ2v) is 4.70. The van der Waals surface area contributed by atoms with Gasteiger partial charge in [-0.05, 0) is 35.7 Å². The molecular weight excluding hydrogens is 254 g/mol. The minimum absolute atomic E-state index is 0.365. The van der Waals surface area contributed by atoms with Crippen LogP contribution in [0.5, 0.6) is 11.6 Å². The maximum absolute atomic E-state index is 11.3. The first-order chi connectivity index (χ1) is 9.60. The van der Waals surface area contributed by atoms with Crippen molar-refractivity contribution in [2.45, 2.75) is 19.8 Å². The van der Waals surface area contributed by atoms with Crippen molar-refractivity contribution in [3.8, 4) is 11.6 Å². The topological polar surface area (TPSA) is 48.4 Å². The van der Waals surface area contributed by atoms with Gasteiger partial charge in [0.1, 0.15) is 5.75 Å². The highest BCUT2D eigenvalue weighted by Gasteiger charge is 2.06. The van der Waals surface area contributed by atoms with Crippen LogP contribution in [0.2, 0.25) is 0 Å². The Hall–Kier alpha value is -2.36. The number of carbonyl (C=O) groups excluding carboxylic acids is 1. The fourth-order valence-corrected chi connectivity index (χ4v) is 1.69. The maximum Gasteiger partial charge on any atom is 0.337 e. The lowest BCUT2D eigenvalue weighted by atomic mass is 10.1. The predicted octanol–water partition coefficient (Wildman–Crippen LogP) is 3.78. The van der Waals surface area contributed by atoms with E-state index in [-0.39, 0.29) is 5.97 Å². The summed E-state index contributed by atoms with van der Waals surface area (Å²) in [5.74, 6) is 1.23. The number of hydrogen-bond donors (Lipinski definition) is 0. The normalized spacial score (nSPS) is 10.4. The fraction of sp³-hybridized carbons (Fsp3) is 0.250. The van der Waals surface area contributed by atoms with E-state index < -0.39 is 0 Å². The Morgan fingerprint density at radius 3 is 2.30 bits per heavy atom. The van der Waals surface area contributed by atoms with Crippen LogP contribution in [0, 0.1) is 0 Å². The van der Waals surface area contributed by atoms with Crippen LogP contribution in [0.4, 0.5) is 0 Å². The third kappa shape index (κ3) is 3.35. The highest BCUT2D eigenvalue weighted by Crippen LogP contribution is 2.22. The van der Waals surface area contributed by atoms with Gasteiger partial charge in [0.25, 0.3) is 0 Å². The van der Waals surface area contributed by atoms with E-state index in [1.807, 2.05) is 18.3 Å². The number of benzene rings is 1. The SMILES string of the molecule is COC(=O)c1ccc(Oc2ccc(C(C)C)cn2)cc1. The number of aromatic nitrogens is 1. The first kappa shape index (κ1) is 14.1. The van der Waals surface area contributed by atoms with E-state index in [0.29, 0.717) is 23.1 Å². The van der Waals surface area contributed by atoms with E-state index >= 15 is 0 Å². The molecule has 2 rings (SSSR count). The second kappa shape index (κ2) is 6.19. The largest absolute Gasteiger partial charge is 0.465 e. The summed E-state index contributed by atoms with van der Waals surface area (Å²) in [6.45, 7) is 4.23. The van der Waals surface area contributed by atoms with Gasteiger partial charge in [-0.15, -0.1) is 0 Å². The summed E-state index contributed by atoms with van der Waals surface area (Å²) in [5.41, 5.74) is 1.65. The molecule has 0 atom stereocenters. The van der Waals surface area contributed by atoms with Gasteiger partial charge in [-0.1, -0.05) is 19.9 Å². The molecule has 1 heterocycles. The molecular formula is C16H17NO3. The molecule has 0 N–H and O–H groups in total. The van der Waals surface area contributed by atoms with Gasteiger partial charge in [0.05, 0.1) is 12.7 Å². The highest BCUT2D eigenvalue weighted by atomic mass is 16.5. The van der Waals surface area contributed by atoms with E-state index in [2.05, 4.69) is 23.6 Å². The number of pyridine rings is 1. The van der Waals surface area contributed by atoms with Crippen LogP contribution in [0.3, 0.4) is 0 Å². The molecule has 4 nitrogen and oxygen atoms in total. The lowest BCUT2D eigenvalue weighted by Gasteiger charge is -2.08. The maximum atomic E-state index is 11.3. The molecule has 20 heavy (non-hydrogen) atoms. The van der Waals surface area contributed by atoms with Crippen LogP contribution in [0.1, 0.15) is 35.7 Å². The Kier molecular flexibility index (Phi) is 4.35. The Bertz CT molecular complexity index is 574. The van der Waals surface area contributed by atoms with Gasteiger partial charge >= 0.3 is 5.97 Å². The third-order valence-corrected chi connectivity index (χ3v) is 2.92. The van der Waals surface area contributed by atoms with Crippen molar-refractivity contribution in [1.82, 2.24) is 4.98 Å². The smallest absolute Gasteiger partial charge is 0.337 e. The van der Waals surface area contributed by atoms with Gasteiger partial charge in [-0.3, -0.25) is 0 Å².